The zero-order valence-electron chi connectivity index (χ0n) is 16.5. The first-order valence-electron chi connectivity index (χ1n) is 9.00. The van der Waals surface area contributed by atoms with Crippen LogP contribution in [0.25, 0.3) is 6.08 Å². The van der Waals surface area contributed by atoms with Crippen LogP contribution >= 0.6 is 0 Å². The fraction of sp³-hybridized carbons (Fsp3) is 0.273. The highest BCUT2D eigenvalue weighted by Crippen LogP contribution is 2.25. The zero-order chi connectivity index (χ0) is 20.5. The van der Waals surface area contributed by atoms with Crippen LogP contribution in [0.3, 0.4) is 0 Å². The molecule has 1 atom stereocenters. The predicted molar refractivity (Wildman–Crippen MR) is 109 cm³/mol. The summed E-state index contributed by atoms with van der Waals surface area (Å²) in [6, 6.07) is 12.7. The Kier molecular flexibility index (Phi) is 7.63. The molecule has 0 bridgehead atoms. The Hall–Kier alpha value is -3.28. The maximum Gasteiger partial charge on any atom is 0.331 e. The highest BCUT2D eigenvalue weighted by molar-refractivity contribution is 5.97. The minimum absolute atomic E-state index is 0.438. The molecule has 148 valence electrons. The Balaban J connectivity index is 1.92. The summed E-state index contributed by atoms with van der Waals surface area (Å²) >= 11 is 0. The number of carbonyl (C=O) groups excluding carboxylic acids is 2. The van der Waals surface area contributed by atoms with E-state index in [-0.39, 0.29) is 0 Å². The summed E-state index contributed by atoms with van der Waals surface area (Å²) in [6.45, 7) is 5.93. The first-order chi connectivity index (χ1) is 13.4. The number of esters is 1. The molecule has 1 N–H and O–H groups in total. The molecular formula is C22H25NO5. The van der Waals surface area contributed by atoms with Crippen molar-refractivity contribution in [3.05, 3.63) is 59.7 Å². The van der Waals surface area contributed by atoms with Gasteiger partial charge in [-0.2, -0.15) is 0 Å². The molecular weight excluding hydrogens is 358 g/mol. The average Bonchev–Trinajstić information content (AvgIpc) is 2.68. The van der Waals surface area contributed by atoms with Crippen LogP contribution in [-0.4, -0.2) is 31.7 Å². The molecule has 0 aliphatic heterocycles. The number of hydrogen-bond acceptors (Lipinski definition) is 5. The molecule has 2 rings (SSSR count). The van der Waals surface area contributed by atoms with Crippen LogP contribution in [0.2, 0.25) is 0 Å². The molecule has 2 aromatic carbocycles. The molecule has 0 aromatic heterocycles. The monoisotopic (exact) mass is 383 g/mol. The van der Waals surface area contributed by atoms with E-state index in [4.69, 9.17) is 14.2 Å². The van der Waals surface area contributed by atoms with Crippen LogP contribution in [0.15, 0.2) is 48.5 Å². The normalized spacial score (nSPS) is 11.7. The molecule has 0 spiro atoms. The zero-order valence-corrected chi connectivity index (χ0v) is 16.5. The molecule has 0 saturated heterocycles. The molecule has 0 radical (unpaired) electrons. The van der Waals surface area contributed by atoms with Crippen molar-refractivity contribution in [1.82, 2.24) is 0 Å². The molecule has 28 heavy (non-hydrogen) atoms. The van der Waals surface area contributed by atoms with Crippen molar-refractivity contribution in [1.29, 1.82) is 0 Å². The van der Waals surface area contributed by atoms with Crippen LogP contribution in [-0.2, 0) is 14.3 Å². The lowest BCUT2D eigenvalue weighted by atomic mass is 10.2. The average molecular weight is 383 g/mol. The fourth-order valence-electron chi connectivity index (χ4n) is 2.43. The molecule has 0 heterocycles. The van der Waals surface area contributed by atoms with Crippen LogP contribution in [0.5, 0.6) is 11.5 Å². The number of anilines is 1. The third-order valence-corrected chi connectivity index (χ3v) is 3.88. The van der Waals surface area contributed by atoms with Gasteiger partial charge in [0.25, 0.3) is 5.91 Å². The van der Waals surface area contributed by atoms with E-state index in [1.54, 1.807) is 18.2 Å². The quantitative estimate of drug-likeness (QED) is 0.551. The summed E-state index contributed by atoms with van der Waals surface area (Å²) in [4.78, 5) is 24.3. The third-order valence-electron chi connectivity index (χ3n) is 3.88. The van der Waals surface area contributed by atoms with Gasteiger partial charge in [-0.3, -0.25) is 4.79 Å². The van der Waals surface area contributed by atoms with Gasteiger partial charge >= 0.3 is 5.97 Å². The minimum atomic E-state index is -0.956. The summed E-state index contributed by atoms with van der Waals surface area (Å²) in [5.74, 6) is 0.256. The maximum atomic E-state index is 12.3. The molecule has 0 aliphatic rings. The second-order valence-corrected chi connectivity index (χ2v) is 6.11. The van der Waals surface area contributed by atoms with E-state index in [1.165, 1.54) is 20.1 Å². The van der Waals surface area contributed by atoms with Crippen LogP contribution in [0.4, 0.5) is 5.69 Å². The predicted octanol–water partition coefficient (Wildman–Crippen LogP) is 3.99. The Morgan fingerprint density at radius 1 is 1.14 bits per heavy atom. The van der Waals surface area contributed by atoms with Gasteiger partial charge in [-0.1, -0.05) is 18.2 Å². The van der Waals surface area contributed by atoms with Crippen molar-refractivity contribution >= 4 is 23.6 Å². The van der Waals surface area contributed by atoms with Crippen molar-refractivity contribution in [2.24, 2.45) is 0 Å². The molecule has 0 aliphatic carbocycles. The number of aryl methyl sites for hydroxylation is 1. The second-order valence-electron chi connectivity index (χ2n) is 6.11. The van der Waals surface area contributed by atoms with E-state index in [0.717, 1.165) is 16.9 Å². The first kappa shape index (κ1) is 21.0. The van der Waals surface area contributed by atoms with Gasteiger partial charge in [0.15, 0.2) is 6.10 Å². The lowest BCUT2D eigenvalue weighted by Crippen LogP contribution is -2.29. The van der Waals surface area contributed by atoms with E-state index >= 15 is 0 Å². The van der Waals surface area contributed by atoms with E-state index in [0.29, 0.717) is 18.0 Å². The first-order valence-corrected chi connectivity index (χ1v) is 9.00. The van der Waals surface area contributed by atoms with Gasteiger partial charge in [0, 0.05) is 6.08 Å². The molecule has 0 fully saturated rings. The molecule has 0 saturated carbocycles. The van der Waals surface area contributed by atoms with Crippen molar-refractivity contribution in [3.8, 4) is 11.5 Å². The van der Waals surface area contributed by atoms with Gasteiger partial charge in [-0.05, 0) is 62.2 Å². The van der Waals surface area contributed by atoms with E-state index < -0.39 is 18.0 Å². The Morgan fingerprint density at radius 2 is 1.86 bits per heavy atom. The lowest BCUT2D eigenvalue weighted by Gasteiger charge is -2.15. The number of carbonyl (C=O) groups is 2. The van der Waals surface area contributed by atoms with Gasteiger partial charge in [0.05, 0.1) is 19.4 Å². The summed E-state index contributed by atoms with van der Waals surface area (Å²) in [6.07, 6.45) is 1.95. The highest BCUT2D eigenvalue weighted by atomic mass is 16.5. The number of nitrogens with one attached hydrogen (secondary N) is 1. The molecule has 6 heteroatoms. The van der Waals surface area contributed by atoms with Crippen LogP contribution in [0.1, 0.15) is 25.0 Å². The molecule has 0 unspecified atom stereocenters. The Morgan fingerprint density at radius 3 is 2.50 bits per heavy atom. The Labute approximate surface area is 165 Å². The van der Waals surface area contributed by atoms with Gasteiger partial charge in [0.2, 0.25) is 0 Å². The SMILES string of the molecule is CCOc1ccc(/C=C/C(=O)O[C@@H](C)C(=O)Nc2cc(C)ccc2OC)cc1. The van der Waals surface area contributed by atoms with Gasteiger partial charge < -0.3 is 19.5 Å². The highest BCUT2D eigenvalue weighted by Gasteiger charge is 2.18. The number of hydrogen-bond donors (Lipinski definition) is 1. The number of methoxy groups -OCH3 is 1. The van der Waals surface area contributed by atoms with Gasteiger partial charge in [0.1, 0.15) is 11.5 Å². The van der Waals surface area contributed by atoms with Crippen molar-refractivity contribution in [2.45, 2.75) is 26.9 Å². The fourth-order valence-corrected chi connectivity index (χ4v) is 2.43. The van der Waals surface area contributed by atoms with Crippen LogP contribution < -0.4 is 14.8 Å². The summed E-state index contributed by atoms with van der Waals surface area (Å²) < 4.78 is 15.8. The number of benzene rings is 2. The largest absolute Gasteiger partial charge is 0.495 e. The van der Waals surface area contributed by atoms with Crippen LogP contribution in [0, 0.1) is 6.92 Å². The smallest absolute Gasteiger partial charge is 0.331 e. The molecule has 2 aromatic rings. The van der Waals surface area contributed by atoms with Crippen molar-refractivity contribution < 1.29 is 23.8 Å². The maximum absolute atomic E-state index is 12.3. The standard InChI is InChI=1S/C22H25NO5/c1-5-27-18-10-7-17(8-11-18)9-13-21(24)28-16(3)22(25)23-19-14-15(2)6-12-20(19)26-4/h6-14,16H,5H2,1-4H3,(H,23,25)/b13-9+/t16-/m0/s1. The number of rotatable bonds is 8. The molecule has 6 nitrogen and oxygen atoms in total. The van der Waals surface area contributed by atoms with Crippen molar-refractivity contribution in [3.63, 3.8) is 0 Å². The third kappa shape index (κ3) is 6.16. The summed E-state index contributed by atoms with van der Waals surface area (Å²) in [5.41, 5.74) is 2.32. The van der Waals surface area contributed by atoms with Crippen molar-refractivity contribution in [2.75, 3.05) is 19.0 Å². The number of ether oxygens (including phenoxy) is 3. The van der Waals surface area contributed by atoms with E-state index in [1.807, 2.05) is 44.2 Å². The minimum Gasteiger partial charge on any atom is -0.495 e. The van der Waals surface area contributed by atoms with E-state index in [2.05, 4.69) is 5.32 Å². The Bertz CT molecular complexity index is 843. The topological polar surface area (TPSA) is 73.9 Å². The lowest BCUT2D eigenvalue weighted by molar-refractivity contribution is -0.148. The van der Waals surface area contributed by atoms with Gasteiger partial charge in [-0.15, -0.1) is 0 Å². The second kappa shape index (κ2) is 10.2. The molecule has 1 amide bonds. The van der Waals surface area contributed by atoms with Gasteiger partial charge in [-0.25, -0.2) is 4.79 Å². The number of amides is 1. The summed E-state index contributed by atoms with van der Waals surface area (Å²) in [5, 5.41) is 2.72. The summed E-state index contributed by atoms with van der Waals surface area (Å²) in [7, 11) is 1.52. The van der Waals surface area contributed by atoms with E-state index in [9.17, 15) is 9.59 Å².